The Morgan fingerprint density at radius 2 is 0.948 bits per heavy atom. The van der Waals surface area contributed by atoms with Gasteiger partial charge in [-0.15, -0.1) is 0 Å². The van der Waals surface area contributed by atoms with E-state index < -0.39 is 209 Å². The van der Waals surface area contributed by atoms with E-state index in [-0.39, 0.29) is 24.2 Å². The average molecular weight is 1120 g/mol. The summed E-state index contributed by atoms with van der Waals surface area (Å²) in [5.41, 5.74) is -1.11. The van der Waals surface area contributed by atoms with Crippen molar-refractivity contribution in [3.63, 3.8) is 0 Å². The topological polar surface area (TPSA) is 453 Å². The number of rotatable bonds is 15. The zero-order valence-corrected chi connectivity index (χ0v) is 42.7. The second-order valence-electron chi connectivity index (χ2n) is 22.6. The van der Waals surface area contributed by atoms with Gasteiger partial charge in [-0.05, 0) is 80.6 Å². The van der Waals surface area contributed by atoms with Crippen molar-refractivity contribution in [2.45, 2.75) is 225 Å². The fourth-order valence-corrected chi connectivity index (χ4v) is 13.4. The molecule has 3 aliphatic carbocycles. The number of hydrogen-bond donors (Lipinski definition) is 17. The molecule has 8 aliphatic rings. The van der Waals surface area contributed by atoms with Crippen LogP contribution in [0.2, 0.25) is 0 Å². The summed E-state index contributed by atoms with van der Waals surface area (Å²) >= 11 is 0. The number of fused-ring (bicyclic) bond motifs is 3. The molecule has 444 valence electrons. The second kappa shape index (κ2) is 24.9. The van der Waals surface area contributed by atoms with Gasteiger partial charge in [-0.1, -0.05) is 19.9 Å². The Labute approximate surface area is 442 Å². The van der Waals surface area contributed by atoms with Crippen LogP contribution in [0.3, 0.4) is 0 Å². The maximum atomic E-state index is 14.8. The van der Waals surface area contributed by atoms with Crippen LogP contribution in [0.4, 0.5) is 0 Å². The van der Waals surface area contributed by atoms with E-state index in [1.807, 2.05) is 0 Å². The molecule has 5 aliphatic heterocycles. The van der Waals surface area contributed by atoms with Gasteiger partial charge in [0.1, 0.15) is 116 Å². The van der Waals surface area contributed by atoms with Crippen LogP contribution in [0.1, 0.15) is 65.2 Å². The molecule has 0 amide bonds. The van der Waals surface area contributed by atoms with E-state index in [0.29, 0.717) is 50.5 Å². The lowest BCUT2D eigenvalue weighted by Gasteiger charge is -2.59. The van der Waals surface area contributed by atoms with Crippen molar-refractivity contribution in [1.82, 2.24) is 0 Å². The summed E-state index contributed by atoms with van der Waals surface area (Å²) in [6.45, 7) is 4.47. The van der Waals surface area contributed by atoms with Crippen LogP contribution in [-0.2, 0) is 52.2 Å². The fourth-order valence-electron chi connectivity index (χ4n) is 13.4. The number of carbonyl (C=O) groups is 1. The predicted molar refractivity (Wildman–Crippen MR) is 249 cm³/mol. The summed E-state index contributed by atoms with van der Waals surface area (Å²) in [5.74, 6) is -1.12. The summed E-state index contributed by atoms with van der Waals surface area (Å²) in [6, 6.07) is 0. The molecule has 8 rings (SSSR count). The molecular weight excluding hydrogens is 1040 g/mol. The predicted octanol–water partition coefficient (Wildman–Crippen LogP) is -7.43. The molecule has 77 heavy (non-hydrogen) atoms. The van der Waals surface area contributed by atoms with Gasteiger partial charge in [0.2, 0.25) is 6.29 Å². The van der Waals surface area contributed by atoms with Crippen molar-refractivity contribution >= 4 is 5.97 Å². The normalized spacial score (nSPS) is 52.7. The van der Waals surface area contributed by atoms with Crippen LogP contribution in [-0.4, -0.2) is 285 Å². The van der Waals surface area contributed by atoms with E-state index in [4.69, 9.17) is 47.4 Å². The van der Waals surface area contributed by atoms with Gasteiger partial charge in [0.05, 0.1) is 44.6 Å². The van der Waals surface area contributed by atoms with Crippen LogP contribution in [0, 0.1) is 28.6 Å². The minimum absolute atomic E-state index is 0.0104. The summed E-state index contributed by atoms with van der Waals surface area (Å²) in [7, 11) is 0. The highest BCUT2D eigenvalue weighted by Gasteiger charge is 2.62. The van der Waals surface area contributed by atoms with E-state index in [1.165, 1.54) is 0 Å². The van der Waals surface area contributed by atoms with Gasteiger partial charge >= 0.3 is 5.97 Å². The minimum atomic E-state index is -1.94. The van der Waals surface area contributed by atoms with Gasteiger partial charge in [-0.25, -0.2) is 0 Å². The van der Waals surface area contributed by atoms with E-state index >= 15 is 0 Å². The average Bonchev–Trinajstić information content (AvgIpc) is 3.71. The zero-order chi connectivity index (χ0) is 56.2. The molecule has 28 unspecified atom stereocenters. The highest BCUT2D eigenvalue weighted by Crippen LogP contribution is 2.64. The Morgan fingerprint density at radius 1 is 0.506 bits per heavy atom. The lowest BCUT2D eigenvalue weighted by Crippen LogP contribution is -2.65. The van der Waals surface area contributed by atoms with Gasteiger partial charge in [-0.3, -0.25) is 4.79 Å². The minimum Gasteiger partial charge on any atom is -0.432 e. The first-order chi connectivity index (χ1) is 36.4. The highest BCUT2D eigenvalue weighted by molar-refractivity contribution is 5.77. The van der Waals surface area contributed by atoms with Crippen molar-refractivity contribution in [1.29, 1.82) is 0 Å². The Balaban J connectivity index is 0.995. The largest absolute Gasteiger partial charge is 0.432 e. The first-order valence-corrected chi connectivity index (χ1v) is 26.5. The maximum Gasteiger partial charge on any atom is 0.314 e. The number of hydrogen-bond acceptors (Lipinski definition) is 28. The standard InChI is InChI=1S/C49H80O28/c1-17-11-18-5-8-26-48(2,9-4-10-49(26,3)47(67)77-46-41(35(62)30(57)24(15-53)73-46)76-44-39(66)34(61)29(56)23(14-52)72-44)19(18)6-7-20(17)69-45-40(75-43-38(65)33(60)28(55)22(13-51)71-43)36(63)31(58)25(74-45)16-68-42-37(64)32(59)27(54)21(12-50)70-42/h18-46,50-66H,1,4-16H2,2-3H3/t18?,19-,20?,21?,22?,23?,24?,25?,26?,27?,28?,29?,30?,31?,32?,33?,34?,35?,36?,37?,38?,39?,40?,41?,42?,43?,44?,45?,46?,48+,49-/m1/s1. The number of ether oxygens (including phenoxy) is 10. The first kappa shape index (κ1) is 61.2. The van der Waals surface area contributed by atoms with Gasteiger partial charge in [0.15, 0.2) is 31.3 Å². The first-order valence-electron chi connectivity index (χ1n) is 26.5. The summed E-state index contributed by atoms with van der Waals surface area (Å²) in [5, 5.41) is 179. The Hall–Kier alpha value is -1.83. The molecular formula is C49H80O28. The molecule has 8 fully saturated rings. The molecule has 3 saturated carbocycles. The molecule has 0 spiro atoms. The van der Waals surface area contributed by atoms with E-state index in [0.717, 1.165) is 0 Å². The molecule has 0 aromatic heterocycles. The Kier molecular flexibility index (Phi) is 19.8. The van der Waals surface area contributed by atoms with E-state index in [1.54, 1.807) is 6.92 Å². The Bertz CT molecular complexity index is 1950. The maximum absolute atomic E-state index is 14.8. The van der Waals surface area contributed by atoms with E-state index in [2.05, 4.69) is 13.5 Å². The summed E-state index contributed by atoms with van der Waals surface area (Å²) < 4.78 is 58.8. The van der Waals surface area contributed by atoms with Crippen molar-refractivity contribution in [2.24, 2.45) is 28.6 Å². The molecule has 17 N–H and O–H groups in total. The fraction of sp³-hybridized carbons (Fsp3) is 0.939. The molecule has 0 aromatic carbocycles. The number of aliphatic hydroxyl groups excluding tert-OH is 17. The molecule has 28 heteroatoms. The summed E-state index contributed by atoms with van der Waals surface area (Å²) in [6.07, 6.45) is -40.1. The molecule has 0 aromatic rings. The molecule has 28 nitrogen and oxygen atoms in total. The van der Waals surface area contributed by atoms with Gasteiger partial charge in [0, 0.05) is 0 Å². The van der Waals surface area contributed by atoms with Crippen molar-refractivity contribution in [3.05, 3.63) is 12.2 Å². The van der Waals surface area contributed by atoms with Crippen molar-refractivity contribution < 1.29 is 139 Å². The SMILES string of the molecule is C=C1CC2CCC3[C@](C)(C(=O)OC4OC(CO)C(O)C(O)C4OC4OC(CO)C(O)C(O)C4O)CCC[C@@]3(C)[C@@H]2CCC1OC1OC(COC2OC(CO)C(O)C(O)C2O)C(O)C(O)C1OC1OC(CO)C(O)C(O)C1O. The summed E-state index contributed by atoms with van der Waals surface area (Å²) in [4.78, 5) is 14.8. The van der Waals surface area contributed by atoms with Gasteiger partial charge in [0.25, 0.3) is 0 Å². The van der Waals surface area contributed by atoms with Crippen molar-refractivity contribution in [2.75, 3.05) is 33.0 Å². The molecule has 31 atom stereocenters. The quantitative estimate of drug-likeness (QED) is 0.0535. The second-order valence-corrected chi connectivity index (χ2v) is 22.6. The lowest BCUT2D eigenvalue weighted by atomic mass is 9.45. The van der Waals surface area contributed by atoms with Crippen LogP contribution < -0.4 is 0 Å². The van der Waals surface area contributed by atoms with Crippen LogP contribution in [0.5, 0.6) is 0 Å². The van der Waals surface area contributed by atoms with Gasteiger partial charge in [-0.2, -0.15) is 0 Å². The number of esters is 1. The van der Waals surface area contributed by atoms with Crippen LogP contribution in [0.25, 0.3) is 0 Å². The number of carbonyl (C=O) groups excluding carboxylic acids is 1. The van der Waals surface area contributed by atoms with Crippen molar-refractivity contribution in [3.8, 4) is 0 Å². The van der Waals surface area contributed by atoms with Crippen LogP contribution >= 0.6 is 0 Å². The van der Waals surface area contributed by atoms with Gasteiger partial charge < -0.3 is 134 Å². The number of aliphatic hydroxyl groups is 17. The molecule has 5 heterocycles. The molecule has 0 radical (unpaired) electrons. The third-order valence-corrected chi connectivity index (χ3v) is 17.9. The van der Waals surface area contributed by atoms with Crippen LogP contribution in [0.15, 0.2) is 12.2 Å². The lowest BCUT2D eigenvalue weighted by molar-refractivity contribution is -0.375. The third kappa shape index (κ3) is 11.8. The van der Waals surface area contributed by atoms with E-state index in [9.17, 15) is 91.6 Å². The third-order valence-electron chi connectivity index (χ3n) is 17.9. The molecule has 0 bridgehead atoms. The highest BCUT2D eigenvalue weighted by atomic mass is 16.8. The monoisotopic (exact) mass is 1120 g/mol. The smallest absolute Gasteiger partial charge is 0.314 e. The molecule has 5 saturated heterocycles. The Morgan fingerprint density at radius 3 is 1.47 bits per heavy atom. The zero-order valence-electron chi connectivity index (χ0n) is 42.7.